The average molecular weight is 251 g/mol. The molecular weight excluding hydrogens is 236 g/mol. The maximum absolute atomic E-state index is 6.00. The van der Waals surface area contributed by atoms with E-state index in [2.05, 4.69) is 15.2 Å². The lowest BCUT2D eigenvalue weighted by Gasteiger charge is -2.11. The van der Waals surface area contributed by atoms with E-state index in [1.807, 2.05) is 38.1 Å². The minimum atomic E-state index is -0.129. The Bertz CT molecular complexity index is 507. The molecule has 0 fully saturated rings. The predicted molar refractivity (Wildman–Crippen MR) is 68.6 cm³/mol. The summed E-state index contributed by atoms with van der Waals surface area (Å²) in [5.74, 6) is 1.64. The fourth-order valence-corrected chi connectivity index (χ4v) is 1.69. The van der Waals surface area contributed by atoms with Crippen LogP contribution in [0.4, 0.5) is 0 Å². The summed E-state index contributed by atoms with van der Waals surface area (Å²) in [7, 11) is 0. The van der Waals surface area contributed by atoms with Gasteiger partial charge in [0, 0.05) is 10.6 Å². The predicted octanol–water partition coefficient (Wildman–Crippen LogP) is 2.78. The summed E-state index contributed by atoms with van der Waals surface area (Å²) in [6, 6.07) is 7.30. The monoisotopic (exact) mass is 250 g/mol. The first-order chi connectivity index (χ1) is 8.08. The van der Waals surface area contributed by atoms with Gasteiger partial charge in [-0.1, -0.05) is 37.6 Å². The van der Waals surface area contributed by atoms with Crippen LogP contribution in [0.3, 0.4) is 0 Å². The van der Waals surface area contributed by atoms with E-state index in [1.54, 1.807) is 0 Å². The van der Waals surface area contributed by atoms with Crippen LogP contribution >= 0.6 is 11.6 Å². The summed E-state index contributed by atoms with van der Waals surface area (Å²) in [6.07, 6.45) is 0. The lowest BCUT2D eigenvalue weighted by molar-refractivity contribution is 0.492. The third-order valence-electron chi connectivity index (χ3n) is 2.62. The number of aromatic amines is 1. The summed E-state index contributed by atoms with van der Waals surface area (Å²) < 4.78 is 0. The largest absolute Gasteiger partial charge is 0.321 e. The number of rotatable bonds is 3. The number of halogens is 1. The number of hydrogen-bond donors (Lipinski definition) is 2. The molecule has 0 spiro atoms. The molecule has 90 valence electrons. The van der Waals surface area contributed by atoms with Crippen LogP contribution in [0.1, 0.15) is 25.7 Å². The van der Waals surface area contributed by atoms with Crippen LogP contribution in [0, 0.1) is 5.92 Å². The van der Waals surface area contributed by atoms with Gasteiger partial charge >= 0.3 is 0 Å². The Morgan fingerprint density at radius 1 is 1.35 bits per heavy atom. The molecule has 0 aliphatic carbocycles. The van der Waals surface area contributed by atoms with Crippen molar-refractivity contribution in [1.29, 1.82) is 0 Å². The van der Waals surface area contributed by atoms with Gasteiger partial charge in [0.05, 0.1) is 6.04 Å². The number of benzene rings is 1. The third kappa shape index (κ3) is 2.65. The first-order valence-corrected chi connectivity index (χ1v) is 5.89. The van der Waals surface area contributed by atoms with Crippen molar-refractivity contribution >= 4 is 11.6 Å². The molecule has 1 atom stereocenters. The maximum Gasteiger partial charge on any atom is 0.181 e. The van der Waals surface area contributed by atoms with E-state index in [4.69, 9.17) is 17.3 Å². The number of nitrogens with one attached hydrogen (secondary N) is 1. The van der Waals surface area contributed by atoms with E-state index >= 15 is 0 Å². The van der Waals surface area contributed by atoms with Crippen LogP contribution < -0.4 is 5.73 Å². The Balaban J connectivity index is 2.30. The van der Waals surface area contributed by atoms with Crippen molar-refractivity contribution < 1.29 is 0 Å². The molecule has 5 heteroatoms. The van der Waals surface area contributed by atoms with E-state index in [0.29, 0.717) is 22.6 Å². The summed E-state index contributed by atoms with van der Waals surface area (Å²) in [5, 5.41) is 7.70. The van der Waals surface area contributed by atoms with Crippen LogP contribution in [0.5, 0.6) is 0 Å². The normalized spacial score (nSPS) is 13.0. The van der Waals surface area contributed by atoms with Crippen LogP contribution in [-0.4, -0.2) is 15.2 Å². The van der Waals surface area contributed by atoms with E-state index in [1.165, 1.54) is 0 Å². The summed E-state index contributed by atoms with van der Waals surface area (Å²) >= 11 is 5.92. The number of H-pyrrole nitrogens is 1. The molecule has 0 amide bonds. The average Bonchev–Trinajstić information content (AvgIpc) is 2.77. The lowest BCUT2D eigenvalue weighted by Crippen LogP contribution is -2.18. The van der Waals surface area contributed by atoms with Crippen LogP contribution in [0.25, 0.3) is 11.4 Å². The maximum atomic E-state index is 6.00. The Morgan fingerprint density at radius 3 is 2.76 bits per heavy atom. The first kappa shape index (κ1) is 12.1. The lowest BCUT2D eigenvalue weighted by atomic mass is 10.1. The molecule has 0 aliphatic rings. The molecule has 1 heterocycles. The fourth-order valence-electron chi connectivity index (χ4n) is 1.50. The van der Waals surface area contributed by atoms with Crippen LogP contribution in [-0.2, 0) is 0 Å². The van der Waals surface area contributed by atoms with Gasteiger partial charge in [-0.05, 0) is 18.1 Å². The molecule has 0 aliphatic heterocycles. The van der Waals surface area contributed by atoms with Crippen molar-refractivity contribution in [2.24, 2.45) is 11.7 Å². The van der Waals surface area contributed by atoms with Gasteiger partial charge in [0.2, 0.25) is 0 Å². The fraction of sp³-hybridized carbons (Fsp3) is 0.333. The van der Waals surface area contributed by atoms with Crippen LogP contribution in [0.15, 0.2) is 24.3 Å². The second-order valence-corrected chi connectivity index (χ2v) is 4.76. The minimum Gasteiger partial charge on any atom is -0.321 e. The molecule has 17 heavy (non-hydrogen) atoms. The van der Waals surface area contributed by atoms with Gasteiger partial charge in [-0.15, -0.1) is 0 Å². The second-order valence-electron chi connectivity index (χ2n) is 4.32. The zero-order chi connectivity index (χ0) is 12.4. The standard InChI is InChI=1S/C12H15ClN4/c1-7(2)10(14)12-15-11(16-17-12)8-4-3-5-9(13)6-8/h3-7,10H,14H2,1-2H3,(H,15,16,17)/t10-/m0/s1. The zero-order valence-corrected chi connectivity index (χ0v) is 10.6. The molecule has 2 aromatic rings. The quantitative estimate of drug-likeness (QED) is 0.880. The molecule has 4 nitrogen and oxygen atoms in total. The molecule has 2 rings (SSSR count). The van der Waals surface area contributed by atoms with Gasteiger partial charge in [0.25, 0.3) is 0 Å². The van der Waals surface area contributed by atoms with Gasteiger partial charge in [-0.3, -0.25) is 5.10 Å². The highest BCUT2D eigenvalue weighted by molar-refractivity contribution is 6.30. The molecule has 1 aromatic heterocycles. The molecule has 0 radical (unpaired) electrons. The molecule has 0 bridgehead atoms. The van der Waals surface area contributed by atoms with Crippen molar-refractivity contribution in [2.45, 2.75) is 19.9 Å². The van der Waals surface area contributed by atoms with Gasteiger partial charge in [0.1, 0.15) is 5.82 Å². The topological polar surface area (TPSA) is 67.6 Å². The Labute approximate surface area is 105 Å². The Hall–Kier alpha value is -1.39. The zero-order valence-electron chi connectivity index (χ0n) is 9.81. The third-order valence-corrected chi connectivity index (χ3v) is 2.85. The summed E-state index contributed by atoms with van der Waals surface area (Å²) in [4.78, 5) is 4.39. The highest BCUT2D eigenvalue weighted by Crippen LogP contribution is 2.21. The second kappa shape index (κ2) is 4.85. The van der Waals surface area contributed by atoms with Gasteiger partial charge < -0.3 is 5.73 Å². The molecule has 0 unspecified atom stereocenters. The number of nitrogens with zero attached hydrogens (tertiary/aromatic N) is 2. The number of aromatic nitrogens is 3. The molecule has 0 saturated carbocycles. The SMILES string of the molecule is CC(C)[C@H](N)c1nc(-c2cccc(Cl)c2)n[nH]1. The van der Waals surface area contributed by atoms with Crippen molar-refractivity contribution in [3.8, 4) is 11.4 Å². The molecule has 1 aromatic carbocycles. The highest BCUT2D eigenvalue weighted by Gasteiger charge is 2.15. The van der Waals surface area contributed by atoms with E-state index in [9.17, 15) is 0 Å². The van der Waals surface area contributed by atoms with Gasteiger partial charge in [0.15, 0.2) is 5.82 Å². The number of hydrogen-bond acceptors (Lipinski definition) is 3. The summed E-state index contributed by atoms with van der Waals surface area (Å²) in [6.45, 7) is 4.10. The smallest absolute Gasteiger partial charge is 0.181 e. The van der Waals surface area contributed by atoms with E-state index < -0.39 is 0 Å². The van der Waals surface area contributed by atoms with Gasteiger partial charge in [-0.2, -0.15) is 5.10 Å². The minimum absolute atomic E-state index is 0.129. The number of nitrogens with two attached hydrogens (primary N) is 1. The highest BCUT2D eigenvalue weighted by atomic mass is 35.5. The van der Waals surface area contributed by atoms with Gasteiger partial charge in [-0.25, -0.2) is 4.98 Å². The van der Waals surface area contributed by atoms with E-state index in [-0.39, 0.29) is 6.04 Å². The van der Waals surface area contributed by atoms with E-state index in [0.717, 1.165) is 5.56 Å². The molecule has 0 saturated heterocycles. The first-order valence-electron chi connectivity index (χ1n) is 5.51. The Morgan fingerprint density at radius 2 is 2.12 bits per heavy atom. The summed E-state index contributed by atoms with van der Waals surface area (Å²) in [5.41, 5.74) is 6.88. The van der Waals surface area contributed by atoms with Crippen molar-refractivity contribution in [2.75, 3.05) is 0 Å². The Kier molecular flexibility index (Phi) is 3.45. The molecular formula is C12H15ClN4. The van der Waals surface area contributed by atoms with Crippen molar-refractivity contribution in [3.63, 3.8) is 0 Å². The van der Waals surface area contributed by atoms with Crippen molar-refractivity contribution in [3.05, 3.63) is 35.1 Å². The molecule has 3 N–H and O–H groups in total. The van der Waals surface area contributed by atoms with Crippen molar-refractivity contribution in [1.82, 2.24) is 15.2 Å². The van der Waals surface area contributed by atoms with Crippen LogP contribution in [0.2, 0.25) is 5.02 Å².